The Morgan fingerprint density at radius 3 is 2.76 bits per heavy atom. The van der Waals surface area contributed by atoms with E-state index in [0.717, 1.165) is 6.07 Å². The fourth-order valence-electron chi connectivity index (χ4n) is 1.95. The number of hydrogen-bond donors (Lipinski definition) is 1. The molecule has 114 valence electrons. The average molecular weight is 317 g/mol. The summed E-state index contributed by atoms with van der Waals surface area (Å²) in [6.45, 7) is 2.94. The van der Waals surface area contributed by atoms with Crippen molar-refractivity contribution >= 4 is 28.5 Å². The summed E-state index contributed by atoms with van der Waals surface area (Å²) in [5.74, 6) is 0.430. The van der Waals surface area contributed by atoms with Gasteiger partial charge in [0.2, 0.25) is 0 Å². The van der Waals surface area contributed by atoms with Crippen LogP contribution in [0.25, 0.3) is 5.52 Å². The van der Waals surface area contributed by atoms with Crippen molar-refractivity contribution in [2.24, 2.45) is 5.73 Å². The molecule has 2 rings (SSSR count). The van der Waals surface area contributed by atoms with Crippen molar-refractivity contribution in [3.05, 3.63) is 24.2 Å². The molecule has 0 amide bonds. The number of nitrogens with zero attached hydrogens (tertiary/aromatic N) is 4. The summed E-state index contributed by atoms with van der Waals surface area (Å²) in [5.41, 5.74) is 4.82. The van der Waals surface area contributed by atoms with Gasteiger partial charge in [-0.2, -0.15) is 18.3 Å². The van der Waals surface area contributed by atoms with Gasteiger partial charge in [-0.05, 0) is 6.92 Å². The monoisotopic (exact) mass is 317 g/mol. The van der Waals surface area contributed by atoms with Gasteiger partial charge in [-0.3, -0.25) is 0 Å². The summed E-state index contributed by atoms with van der Waals surface area (Å²) >= 11 is 4.82. The van der Waals surface area contributed by atoms with Crippen LogP contribution in [0.1, 0.15) is 19.0 Å². The minimum absolute atomic E-state index is 0.301. The van der Waals surface area contributed by atoms with Gasteiger partial charge in [0.15, 0.2) is 11.5 Å². The first-order valence-corrected chi connectivity index (χ1v) is 6.68. The maximum atomic E-state index is 12.8. The van der Waals surface area contributed by atoms with E-state index in [-0.39, 0.29) is 0 Å². The highest BCUT2D eigenvalue weighted by molar-refractivity contribution is 7.80. The molecule has 21 heavy (non-hydrogen) atoms. The third-order valence-corrected chi connectivity index (χ3v) is 3.17. The number of rotatable bonds is 5. The van der Waals surface area contributed by atoms with E-state index < -0.39 is 11.9 Å². The lowest BCUT2D eigenvalue weighted by atomic mass is 10.3. The van der Waals surface area contributed by atoms with E-state index in [2.05, 4.69) is 10.1 Å². The molecular formula is C12H14F3N5S. The molecule has 2 aromatic heterocycles. The molecule has 0 aliphatic carbocycles. The number of thiocarbonyl (C=S) groups is 1. The molecule has 0 aromatic carbocycles. The molecule has 0 aliphatic heterocycles. The van der Waals surface area contributed by atoms with Gasteiger partial charge in [-0.15, -0.1) is 0 Å². The van der Waals surface area contributed by atoms with Crippen molar-refractivity contribution in [2.75, 3.05) is 18.0 Å². The van der Waals surface area contributed by atoms with Gasteiger partial charge in [0, 0.05) is 38.0 Å². The molecule has 0 aliphatic rings. The van der Waals surface area contributed by atoms with Gasteiger partial charge in [0.05, 0.1) is 4.99 Å². The third-order valence-electron chi connectivity index (χ3n) is 2.97. The molecule has 5 nitrogen and oxygen atoms in total. The van der Waals surface area contributed by atoms with Crippen LogP contribution >= 0.6 is 12.2 Å². The lowest BCUT2D eigenvalue weighted by Gasteiger charge is -2.22. The predicted molar refractivity (Wildman–Crippen MR) is 77.3 cm³/mol. The van der Waals surface area contributed by atoms with Crippen molar-refractivity contribution < 1.29 is 13.2 Å². The van der Waals surface area contributed by atoms with Crippen molar-refractivity contribution in [2.45, 2.75) is 19.5 Å². The van der Waals surface area contributed by atoms with Crippen LogP contribution in [0, 0.1) is 0 Å². The molecule has 0 saturated heterocycles. The van der Waals surface area contributed by atoms with Gasteiger partial charge < -0.3 is 10.6 Å². The predicted octanol–water partition coefficient (Wildman–Crippen LogP) is 2.25. The van der Waals surface area contributed by atoms with E-state index >= 15 is 0 Å². The Bertz CT molecular complexity index is 652. The first kappa shape index (κ1) is 15.5. The smallest absolute Gasteiger partial charge is 0.393 e. The summed E-state index contributed by atoms with van der Waals surface area (Å²) in [6.07, 6.45) is -1.22. The number of nitrogens with two attached hydrogens (primary N) is 1. The Labute approximate surface area is 124 Å². The van der Waals surface area contributed by atoms with Crippen LogP contribution in [0.2, 0.25) is 0 Å². The molecule has 0 atom stereocenters. The molecule has 2 aromatic rings. The number of anilines is 1. The summed E-state index contributed by atoms with van der Waals surface area (Å²) in [7, 11) is 0. The van der Waals surface area contributed by atoms with Crippen LogP contribution < -0.4 is 10.6 Å². The third kappa shape index (κ3) is 3.41. The summed E-state index contributed by atoms with van der Waals surface area (Å²) < 4.78 is 39.4. The quantitative estimate of drug-likeness (QED) is 0.857. The Hall–Kier alpha value is -1.90. The molecule has 0 bridgehead atoms. The first-order valence-electron chi connectivity index (χ1n) is 6.27. The minimum atomic E-state index is -4.49. The van der Waals surface area contributed by atoms with Crippen molar-refractivity contribution in [3.63, 3.8) is 0 Å². The van der Waals surface area contributed by atoms with Crippen LogP contribution in [-0.4, -0.2) is 32.7 Å². The molecule has 0 spiro atoms. The van der Waals surface area contributed by atoms with Gasteiger partial charge in [0.1, 0.15) is 5.52 Å². The van der Waals surface area contributed by atoms with Crippen molar-refractivity contribution in [1.29, 1.82) is 0 Å². The number of fused-ring (bicyclic) bond motifs is 1. The first-order chi connectivity index (χ1) is 9.82. The molecule has 2 N–H and O–H groups in total. The Kier molecular flexibility index (Phi) is 4.31. The van der Waals surface area contributed by atoms with E-state index in [1.165, 1.54) is 16.9 Å². The van der Waals surface area contributed by atoms with Gasteiger partial charge >= 0.3 is 6.18 Å². The molecule has 0 radical (unpaired) electrons. The fraction of sp³-hybridized carbons (Fsp3) is 0.417. The van der Waals surface area contributed by atoms with Gasteiger partial charge in [0.25, 0.3) is 0 Å². The lowest BCUT2D eigenvalue weighted by Crippen LogP contribution is -2.28. The zero-order valence-electron chi connectivity index (χ0n) is 11.3. The minimum Gasteiger partial charge on any atom is -0.393 e. The SMILES string of the molecule is CCN(CCC(N)=S)c1nccn2nc(C(F)(F)F)cc12. The Morgan fingerprint density at radius 2 is 2.19 bits per heavy atom. The van der Waals surface area contributed by atoms with E-state index in [4.69, 9.17) is 18.0 Å². The topological polar surface area (TPSA) is 59.5 Å². The molecule has 0 fully saturated rings. The second-order valence-electron chi connectivity index (χ2n) is 4.40. The van der Waals surface area contributed by atoms with Crippen LogP contribution in [0.4, 0.5) is 19.0 Å². The molecule has 9 heteroatoms. The molecule has 0 unspecified atom stereocenters. The average Bonchev–Trinajstić information content (AvgIpc) is 2.83. The maximum absolute atomic E-state index is 12.8. The van der Waals surface area contributed by atoms with Crippen LogP contribution in [0.15, 0.2) is 18.5 Å². The van der Waals surface area contributed by atoms with Crippen LogP contribution in [0.3, 0.4) is 0 Å². The van der Waals surface area contributed by atoms with Gasteiger partial charge in [-0.25, -0.2) is 9.50 Å². The van der Waals surface area contributed by atoms with Crippen LogP contribution in [0.5, 0.6) is 0 Å². The molecule has 2 heterocycles. The molecular weight excluding hydrogens is 303 g/mol. The number of hydrogen-bond acceptors (Lipinski definition) is 4. The zero-order chi connectivity index (χ0) is 15.6. The van der Waals surface area contributed by atoms with Crippen LogP contribution in [-0.2, 0) is 6.18 Å². The zero-order valence-corrected chi connectivity index (χ0v) is 12.1. The summed E-state index contributed by atoms with van der Waals surface area (Å²) in [5, 5.41) is 3.53. The largest absolute Gasteiger partial charge is 0.435 e. The maximum Gasteiger partial charge on any atom is 0.435 e. The van der Waals surface area contributed by atoms with E-state index in [9.17, 15) is 13.2 Å². The summed E-state index contributed by atoms with van der Waals surface area (Å²) in [6, 6.07) is 0.992. The van der Waals surface area contributed by atoms with E-state index in [1.54, 1.807) is 0 Å². The van der Waals surface area contributed by atoms with Crippen molar-refractivity contribution in [3.8, 4) is 0 Å². The standard InChI is InChI=1S/C12H14F3N5S/c1-2-19(5-3-10(16)21)11-8-7-9(12(13,14)15)18-20(8)6-4-17-11/h4,6-7H,2-3,5H2,1H3,(H2,16,21). The highest BCUT2D eigenvalue weighted by atomic mass is 32.1. The normalized spacial score (nSPS) is 11.8. The van der Waals surface area contributed by atoms with E-state index in [0.29, 0.717) is 35.8 Å². The Morgan fingerprint density at radius 1 is 1.48 bits per heavy atom. The molecule has 0 saturated carbocycles. The highest BCUT2D eigenvalue weighted by Crippen LogP contribution is 2.30. The second-order valence-corrected chi connectivity index (χ2v) is 4.93. The number of halogens is 3. The van der Waals surface area contributed by atoms with Crippen molar-refractivity contribution in [1.82, 2.24) is 14.6 Å². The van der Waals surface area contributed by atoms with Gasteiger partial charge in [-0.1, -0.05) is 12.2 Å². The van der Waals surface area contributed by atoms with E-state index in [1.807, 2.05) is 11.8 Å². The second kappa shape index (κ2) is 5.84. The summed E-state index contributed by atoms with van der Waals surface area (Å²) in [4.78, 5) is 6.33. The Balaban J connectivity index is 2.42. The lowest BCUT2D eigenvalue weighted by molar-refractivity contribution is -0.141. The highest BCUT2D eigenvalue weighted by Gasteiger charge is 2.34. The number of alkyl halides is 3. The fourth-order valence-corrected chi connectivity index (χ4v) is 2.04. The number of aromatic nitrogens is 3.